The standard InChI is InChI=1S/C22H34N2O4/c1-3-26-22(25)9-8-20-15-24(10-11-27-20)19-12-21(14-23-13-19)28-16-18-6-4-17(2)5-7-18/h12-14,17-18,20H,3-11,15-16H2,1-2H3/t17-,18-,20-/m0/s1. The summed E-state index contributed by atoms with van der Waals surface area (Å²) < 4.78 is 16.9. The third-order valence-corrected chi connectivity index (χ3v) is 5.80. The second-order valence-corrected chi connectivity index (χ2v) is 8.10. The molecule has 0 bridgehead atoms. The molecule has 1 aromatic rings. The summed E-state index contributed by atoms with van der Waals surface area (Å²) in [4.78, 5) is 18.2. The van der Waals surface area contributed by atoms with Gasteiger partial charge in [0.15, 0.2) is 0 Å². The molecule has 156 valence electrons. The Bertz CT molecular complexity index is 616. The Kier molecular flexibility index (Phi) is 7.95. The zero-order valence-electron chi connectivity index (χ0n) is 17.3. The summed E-state index contributed by atoms with van der Waals surface area (Å²) in [7, 11) is 0. The first kappa shape index (κ1) is 20.9. The van der Waals surface area contributed by atoms with Crippen molar-refractivity contribution in [2.75, 3.05) is 37.8 Å². The number of rotatable bonds is 8. The number of ether oxygens (including phenoxy) is 3. The highest BCUT2D eigenvalue weighted by molar-refractivity contribution is 5.69. The van der Waals surface area contributed by atoms with Crippen LogP contribution in [0.1, 0.15) is 52.4 Å². The smallest absolute Gasteiger partial charge is 0.305 e. The van der Waals surface area contributed by atoms with Gasteiger partial charge in [0.25, 0.3) is 0 Å². The first-order valence-electron chi connectivity index (χ1n) is 10.7. The van der Waals surface area contributed by atoms with Crippen LogP contribution in [0.2, 0.25) is 0 Å². The molecule has 6 nitrogen and oxygen atoms in total. The van der Waals surface area contributed by atoms with E-state index in [9.17, 15) is 4.79 Å². The van der Waals surface area contributed by atoms with Crippen molar-refractivity contribution in [3.8, 4) is 5.75 Å². The number of aromatic nitrogens is 1. The molecule has 0 amide bonds. The van der Waals surface area contributed by atoms with Crippen molar-refractivity contribution in [3.05, 3.63) is 18.5 Å². The molecule has 0 unspecified atom stereocenters. The predicted molar refractivity (Wildman–Crippen MR) is 109 cm³/mol. The molecular weight excluding hydrogens is 356 g/mol. The summed E-state index contributed by atoms with van der Waals surface area (Å²) in [5.74, 6) is 2.21. The lowest BCUT2D eigenvalue weighted by molar-refractivity contribution is -0.144. The van der Waals surface area contributed by atoms with E-state index < -0.39 is 0 Å². The van der Waals surface area contributed by atoms with E-state index in [0.29, 0.717) is 32.0 Å². The molecule has 2 heterocycles. The highest BCUT2D eigenvalue weighted by Crippen LogP contribution is 2.29. The van der Waals surface area contributed by atoms with Gasteiger partial charge < -0.3 is 19.1 Å². The van der Waals surface area contributed by atoms with Gasteiger partial charge in [-0.1, -0.05) is 19.8 Å². The topological polar surface area (TPSA) is 60.9 Å². The van der Waals surface area contributed by atoms with Crippen molar-refractivity contribution in [2.45, 2.75) is 58.5 Å². The molecule has 0 N–H and O–H groups in total. The van der Waals surface area contributed by atoms with E-state index in [1.807, 2.05) is 13.1 Å². The molecular formula is C22H34N2O4. The molecule has 2 fully saturated rings. The van der Waals surface area contributed by atoms with Gasteiger partial charge in [-0.05, 0) is 38.0 Å². The summed E-state index contributed by atoms with van der Waals surface area (Å²) >= 11 is 0. The van der Waals surface area contributed by atoms with Crippen molar-refractivity contribution < 1.29 is 19.0 Å². The lowest BCUT2D eigenvalue weighted by Gasteiger charge is -2.34. The first-order chi connectivity index (χ1) is 13.6. The van der Waals surface area contributed by atoms with E-state index in [1.165, 1.54) is 25.7 Å². The molecule has 0 spiro atoms. The van der Waals surface area contributed by atoms with Crippen LogP contribution in [0.3, 0.4) is 0 Å². The maximum absolute atomic E-state index is 11.6. The number of esters is 1. The fraction of sp³-hybridized carbons (Fsp3) is 0.727. The number of morpholine rings is 1. The Hall–Kier alpha value is -1.82. The number of pyridine rings is 1. The largest absolute Gasteiger partial charge is 0.492 e. The summed E-state index contributed by atoms with van der Waals surface area (Å²) in [6.07, 6.45) is 9.94. The van der Waals surface area contributed by atoms with Crippen molar-refractivity contribution in [1.82, 2.24) is 4.98 Å². The van der Waals surface area contributed by atoms with Crippen molar-refractivity contribution in [2.24, 2.45) is 11.8 Å². The minimum atomic E-state index is -0.155. The second-order valence-electron chi connectivity index (χ2n) is 8.10. The van der Waals surface area contributed by atoms with Gasteiger partial charge in [-0.25, -0.2) is 0 Å². The van der Waals surface area contributed by atoms with Crippen LogP contribution in [0.25, 0.3) is 0 Å². The lowest BCUT2D eigenvalue weighted by atomic mass is 9.83. The monoisotopic (exact) mass is 390 g/mol. The third-order valence-electron chi connectivity index (χ3n) is 5.80. The summed E-state index contributed by atoms with van der Waals surface area (Å²) in [5.41, 5.74) is 1.05. The van der Waals surface area contributed by atoms with Crippen molar-refractivity contribution in [3.63, 3.8) is 0 Å². The molecule has 1 aliphatic heterocycles. The molecule has 1 atom stereocenters. The molecule has 1 saturated heterocycles. The van der Waals surface area contributed by atoms with Gasteiger partial charge in [-0.15, -0.1) is 0 Å². The van der Waals surface area contributed by atoms with Gasteiger partial charge in [-0.2, -0.15) is 0 Å². The van der Waals surface area contributed by atoms with Gasteiger partial charge >= 0.3 is 5.97 Å². The summed E-state index contributed by atoms with van der Waals surface area (Å²) in [5, 5.41) is 0. The zero-order valence-corrected chi connectivity index (χ0v) is 17.3. The Morgan fingerprint density at radius 2 is 2.11 bits per heavy atom. The molecule has 0 radical (unpaired) electrons. The predicted octanol–water partition coefficient (Wildman–Crippen LogP) is 3.84. The van der Waals surface area contributed by atoms with Crippen LogP contribution >= 0.6 is 0 Å². The number of hydrogen-bond donors (Lipinski definition) is 0. The lowest BCUT2D eigenvalue weighted by Crippen LogP contribution is -2.42. The number of carbonyl (C=O) groups is 1. The number of anilines is 1. The van der Waals surface area contributed by atoms with E-state index in [1.54, 1.807) is 6.20 Å². The van der Waals surface area contributed by atoms with Crippen LogP contribution in [0.5, 0.6) is 5.75 Å². The van der Waals surface area contributed by atoms with Gasteiger partial charge in [0, 0.05) is 25.6 Å². The number of nitrogens with zero attached hydrogens (tertiary/aromatic N) is 2. The van der Waals surface area contributed by atoms with E-state index in [-0.39, 0.29) is 12.1 Å². The highest BCUT2D eigenvalue weighted by Gasteiger charge is 2.23. The average Bonchev–Trinajstić information content (AvgIpc) is 2.72. The highest BCUT2D eigenvalue weighted by atomic mass is 16.5. The maximum Gasteiger partial charge on any atom is 0.305 e. The van der Waals surface area contributed by atoms with Gasteiger partial charge in [0.05, 0.1) is 44.0 Å². The van der Waals surface area contributed by atoms with Crippen LogP contribution < -0.4 is 9.64 Å². The average molecular weight is 391 g/mol. The molecule has 28 heavy (non-hydrogen) atoms. The van der Waals surface area contributed by atoms with E-state index in [4.69, 9.17) is 14.2 Å². The summed E-state index contributed by atoms with van der Waals surface area (Å²) in [6, 6.07) is 2.08. The molecule has 3 rings (SSSR count). The van der Waals surface area contributed by atoms with Gasteiger partial charge in [-0.3, -0.25) is 9.78 Å². The Morgan fingerprint density at radius 3 is 2.89 bits per heavy atom. The van der Waals surface area contributed by atoms with Gasteiger partial charge in [0.2, 0.25) is 0 Å². The Morgan fingerprint density at radius 1 is 1.29 bits per heavy atom. The zero-order chi connectivity index (χ0) is 19.8. The van der Waals surface area contributed by atoms with Crippen LogP contribution in [-0.2, 0) is 14.3 Å². The minimum absolute atomic E-state index is 0.0342. The van der Waals surface area contributed by atoms with Gasteiger partial charge in [0.1, 0.15) is 5.75 Å². The Labute approximate surface area is 168 Å². The SMILES string of the molecule is CCOC(=O)CC[C@H]1CN(c2cncc(OC[C@H]3CC[C@H](C)CC3)c2)CCO1. The van der Waals surface area contributed by atoms with Crippen molar-refractivity contribution >= 4 is 11.7 Å². The van der Waals surface area contributed by atoms with Crippen molar-refractivity contribution in [1.29, 1.82) is 0 Å². The van der Waals surface area contributed by atoms with Crippen LogP contribution in [0.15, 0.2) is 18.5 Å². The molecule has 6 heteroatoms. The van der Waals surface area contributed by atoms with Crippen LogP contribution in [-0.4, -0.2) is 50.0 Å². The second kappa shape index (κ2) is 10.6. The molecule has 1 aromatic heterocycles. The molecule has 0 aromatic carbocycles. The fourth-order valence-electron chi connectivity index (χ4n) is 4.01. The molecule has 1 aliphatic carbocycles. The minimum Gasteiger partial charge on any atom is -0.492 e. The first-order valence-corrected chi connectivity index (χ1v) is 10.7. The van der Waals surface area contributed by atoms with Crippen LogP contribution in [0, 0.1) is 11.8 Å². The van der Waals surface area contributed by atoms with E-state index in [2.05, 4.69) is 22.9 Å². The Balaban J connectivity index is 1.49. The molecule has 2 aliphatic rings. The quantitative estimate of drug-likeness (QED) is 0.629. The number of hydrogen-bond acceptors (Lipinski definition) is 6. The third kappa shape index (κ3) is 6.36. The van der Waals surface area contributed by atoms with Crippen LogP contribution in [0.4, 0.5) is 5.69 Å². The number of carbonyl (C=O) groups excluding carboxylic acids is 1. The maximum atomic E-state index is 11.6. The summed E-state index contributed by atoms with van der Waals surface area (Å²) in [6.45, 7) is 7.60. The normalized spacial score (nSPS) is 25.4. The fourth-order valence-corrected chi connectivity index (χ4v) is 4.01. The molecule has 1 saturated carbocycles. The van der Waals surface area contributed by atoms with E-state index >= 15 is 0 Å². The van der Waals surface area contributed by atoms with E-state index in [0.717, 1.165) is 37.1 Å².